The van der Waals surface area contributed by atoms with Crippen molar-refractivity contribution in [1.82, 2.24) is 0 Å². The molecule has 0 amide bonds. The molecule has 1 rings (SSSR count). The SMILES string of the molecule is CO[C@H]1[C@H](O)[C@@H](O)[C@@H](O)O[C@@H]1C=O. The second-order valence-corrected chi connectivity index (χ2v) is 2.81. The molecule has 0 radical (unpaired) electrons. The molecule has 3 N–H and O–H groups in total. The molecule has 6 nitrogen and oxygen atoms in total. The lowest BCUT2D eigenvalue weighted by Crippen LogP contribution is -2.58. The highest BCUT2D eigenvalue weighted by Gasteiger charge is 2.43. The number of carbonyl (C=O) groups excluding carboxylic acids is 1. The molecule has 5 atom stereocenters. The standard InChI is InChI=1S/C7H12O6/c1-12-6-3(2-8)13-7(11)5(10)4(6)9/h2-7,9-11H,1H3/t3-,4-,5-,6-,7+/m1/s1. The van der Waals surface area contributed by atoms with Gasteiger partial charge in [0.15, 0.2) is 12.6 Å². The first-order chi connectivity index (χ1) is 6.11. The van der Waals surface area contributed by atoms with E-state index in [1.54, 1.807) is 0 Å². The third kappa shape index (κ3) is 1.87. The van der Waals surface area contributed by atoms with Gasteiger partial charge in [-0.3, -0.25) is 0 Å². The number of rotatable bonds is 2. The van der Waals surface area contributed by atoms with Gasteiger partial charge in [0, 0.05) is 7.11 Å². The molecule has 13 heavy (non-hydrogen) atoms. The van der Waals surface area contributed by atoms with Crippen LogP contribution in [-0.4, -0.2) is 59.4 Å². The zero-order valence-electron chi connectivity index (χ0n) is 7.03. The third-order valence-electron chi connectivity index (χ3n) is 2.01. The van der Waals surface area contributed by atoms with Gasteiger partial charge < -0.3 is 29.6 Å². The Hall–Kier alpha value is -0.530. The number of carbonyl (C=O) groups is 1. The van der Waals surface area contributed by atoms with Crippen LogP contribution in [0.4, 0.5) is 0 Å². The molecule has 1 heterocycles. The number of ether oxygens (including phenoxy) is 2. The van der Waals surface area contributed by atoms with Crippen LogP contribution in [0.3, 0.4) is 0 Å². The average Bonchev–Trinajstić information content (AvgIpc) is 2.13. The van der Waals surface area contributed by atoms with Gasteiger partial charge in [-0.2, -0.15) is 0 Å². The van der Waals surface area contributed by atoms with E-state index in [-0.39, 0.29) is 0 Å². The first-order valence-electron chi connectivity index (χ1n) is 3.79. The minimum Gasteiger partial charge on any atom is -0.387 e. The molecule has 0 aromatic rings. The maximum Gasteiger partial charge on any atom is 0.184 e. The Bertz CT molecular complexity index is 184. The fourth-order valence-corrected chi connectivity index (χ4v) is 1.26. The molecule has 0 spiro atoms. The van der Waals surface area contributed by atoms with Crippen LogP contribution in [0.25, 0.3) is 0 Å². The summed E-state index contributed by atoms with van der Waals surface area (Å²) in [5.41, 5.74) is 0. The molecule has 0 saturated carbocycles. The monoisotopic (exact) mass is 192 g/mol. The lowest BCUT2D eigenvalue weighted by Gasteiger charge is -2.37. The molecular formula is C7H12O6. The topological polar surface area (TPSA) is 96.2 Å². The number of aliphatic hydroxyl groups is 3. The summed E-state index contributed by atoms with van der Waals surface area (Å²) in [6, 6.07) is 0. The highest BCUT2D eigenvalue weighted by atomic mass is 16.6. The van der Waals surface area contributed by atoms with E-state index in [9.17, 15) is 9.90 Å². The number of methoxy groups -OCH3 is 1. The minimum absolute atomic E-state index is 0.409. The summed E-state index contributed by atoms with van der Waals surface area (Å²) >= 11 is 0. The van der Waals surface area contributed by atoms with Gasteiger partial charge in [0.25, 0.3) is 0 Å². The Morgan fingerprint density at radius 2 is 1.92 bits per heavy atom. The lowest BCUT2D eigenvalue weighted by atomic mass is 10.00. The summed E-state index contributed by atoms with van der Waals surface area (Å²) in [6.07, 6.45) is -5.94. The van der Waals surface area contributed by atoms with Crippen LogP contribution in [-0.2, 0) is 14.3 Å². The van der Waals surface area contributed by atoms with Crippen LogP contribution in [0.15, 0.2) is 0 Å². The molecule has 0 aromatic carbocycles. The second-order valence-electron chi connectivity index (χ2n) is 2.81. The van der Waals surface area contributed by atoms with Crippen LogP contribution in [0.5, 0.6) is 0 Å². The van der Waals surface area contributed by atoms with E-state index in [2.05, 4.69) is 4.74 Å². The van der Waals surface area contributed by atoms with Crippen LogP contribution in [0.2, 0.25) is 0 Å². The zero-order chi connectivity index (χ0) is 10.0. The van der Waals surface area contributed by atoms with Gasteiger partial charge in [-0.1, -0.05) is 0 Å². The molecule has 0 bridgehead atoms. The largest absolute Gasteiger partial charge is 0.387 e. The quantitative estimate of drug-likeness (QED) is 0.423. The highest BCUT2D eigenvalue weighted by Crippen LogP contribution is 2.20. The van der Waals surface area contributed by atoms with Gasteiger partial charge in [0.2, 0.25) is 0 Å². The van der Waals surface area contributed by atoms with Gasteiger partial charge in [0.05, 0.1) is 0 Å². The molecule has 6 heteroatoms. The summed E-state index contributed by atoms with van der Waals surface area (Å²) in [5, 5.41) is 27.5. The normalized spacial score (nSPS) is 46.0. The van der Waals surface area contributed by atoms with Crippen molar-refractivity contribution in [3.8, 4) is 0 Å². The van der Waals surface area contributed by atoms with Crippen LogP contribution < -0.4 is 0 Å². The number of hydrogen-bond donors (Lipinski definition) is 3. The number of aldehydes is 1. The molecule has 0 aromatic heterocycles. The van der Waals surface area contributed by atoms with Crippen molar-refractivity contribution in [2.75, 3.05) is 7.11 Å². The van der Waals surface area contributed by atoms with Gasteiger partial charge in [-0.05, 0) is 0 Å². The van der Waals surface area contributed by atoms with Gasteiger partial charge in [-0.25, -0.2) is 0 Å². The fraction of sp³-hybridized carbons (Fsp3) is 0.857. The average molecular weight is 192 g/mol. The Morgan fingerprint density at radius 3 is 2.38 bits per heavy atom. The maximum absolute atomic E-state index is 10.4. The molecular weight excluding hydrogens is 180 g/mol. The van der Waals surface area contributed by atoms with Crippen molar-refractivity contribution in [1.29, 1.82) is 0 Å². The molecule has 1 aliphatic rings. The van der Waals surface area contributed by atoms with Crippen molar-refractivity contribution in [3.05, 3.63) is 0 Å². The summed E-state index contributed by atoms with van der Waals surface area (Å²) < 4.78 is 9.42. The Labute approximate surface area is 74.7 Å². The van der Waals surface area contributed by atoms with Crippen molar-refractivity contribution in [3.63, 3.8) is 0 Å². The second kappa shape index (κ2) is 4.12. The number of aliphatic hydroxyl groups excluding tert-OH is 3. The van der Waals surface area contributed by atoms with Crippen LogP contribution in [0.1, 0.15) is 0 Å². The highest BCUT2D eigenvalue weighted by molar-refractivity contribution is 5.57. The van der Waals surface area contributed by atoms with E-state index >= 15 is 0 Å². The Kier molecular flexibility index (Phi) is 3.34. The lowest BCUT2D eigenvalue weighted by molar-refractivity contribution is -0.276. The maximum atomic E-state index is 10.4. The predicted octanol–water partition coefficient (Wildman–Crippen LogP) is -2.36. The minimum atomic E-state index is -1.56. The van der Waals surface area contributed by atoms with E-state index in [0.29, 0.717) is 6.29 Å². The Balaban J connectivity index is 2.74. The number of hydrogen-bond acceptors (Lipinski definition) is 6. The van der Waals surface area contributed by atoms with E-state index in [0.717, 1.165) is 0 Å². The first kappa shape index (κ1) is 10.6. The third-order valence-corrected chi connectivity index (χ3v) is 2.01. The molecule has 0 unspecified atom stereocenters. The van der Waals surface area contributed by atoms with E-state index in [4.69, 9.17) is 14.9 Å². The first-order valence-corrected chi connectivity index (χ1v) is 3.79. The van der Waals surface area contributed by atoms with Crippen LogP contribution in [0, 0.1) is 0 Å². The van der Waals surface area contributed by atoms with Crippen molar-refractivity contribution in [2.24, 2.45) is 0 Å². The van der Waals surface area contributed by atoms with Crippen molar-refractivity contribution in [2.45, 2.75) is 30.7 Å². The summed E-state index contributed by atoms with van der Waals surface area (Å²) in [6.45, 7) is 0. The molecule has 0 aliphatic carbocycles. The van der Waals surface area contributed by atoms with Crippen molar-refractivity contribution < 1.29 is 29.6 Å². The van der Waals surface area contributed by atoms with E-state index in [1.165, 1.54) is 7.11 Å². The van der Waals surface area contributed by atoms with Gasteiger partial charge >= 0.3 is 0 Å². The van der Waals surface area contributed by atoms with Crippen molar-refractivity contribution >= 4 is 6.29 Å². The predicted molar refractivity (Wildman–Crippen MR) is 39.8 cm³/mol. The van der Waals surface area contributed by atoms with Crippen LogP contribution >= 0.6 is 0 Å². The Morgan fingerprint density at radius 1 is 1.31 bits per heavy atom. The smallest absolute Gasteiger partial charge is 0.184 e. The van der Waals surface area contributed by atoms with Gasteiger partial charge in [-0.15, -0.1) is 0 Å². The molecule has 1 saturated heterocycles. The summed E-state index contributed by atoms with van der Waals surface area (Å²) in [7, 11) is 1.28. The zero-order valence-corrected chi connectivity index (χ0v) is 7.03. The van der Waals surface area contributed by atoms with E-state index < -0.39 is 30.7 Å². The fourth-order valence-electron chi connectivity index (χ4n) is 1.26. The summed E-state index contributed by atoms with van der Waals surface area (Å²) in [4.78, 5) is 10.4. The van der Waals surface area contributed by atoms with E-state index in [1.807, 2.05) is 0 Å². The molecule has 76 valence electrons. The van der Waals surface area contributed by atoms with Gasteiger partial charge in [0.1, 0.15) is 24.4 Å². The molecule has 1 aliphatic heterocycles. The molecule has 1 fully saturated rings. The summed E-state index contributed by atoms with van der Waals surface area (Å²) in [5.74, 6) is 0.